The Balaban J connectivity index is 2.53. The Hall–Kier alpha value is -0.600. The quantitative estimate of drug-likeness (QED) is 0.408. The van der Waals surface area contributed by atoms with E-state index in [9.17, 15) is 13.2 Å². The van der Waals surface area contributed by atoms with Crippen LogP contribution in [0, 0.1) is 6.92 Å². The van der Waals surface area contributed by atoms with Crippen LogP contribution >= 0.6 is 46.4 Å². The van der Waals surface area contributed by atoms with Gasteiger partial charge in [-0.3, -0.25) is 4.79 Å². The minimum Gasteiger partial charge on any atom is -0.349 e. The fourth-order valence-electron chi connectivity index (χ4n) is 2.49. The van der Waals surface area contributed by atoms with Gasteiger partial charge in [-0.2, -0.15) is 4.72 Å². The number of carbonyl (C=O) groups excluding carboxylic acids is 1. The van der Waals surface area contributed by atoms with Crippen molar-refractivity contribution in [2.45, 2.75) is 43.7 Å². The minimum absolute atomic E-state index is 0.0345. The average Bonchev–Trinajstić information content (AvgIpc) is 2.66. The lowest BCUT2D eigenvalue weighted by molar-refractivity contribution is -0.111. The van der Waals surface area contributed by atoms with Gasteiger partial charge in [0.1, 0.15) is 10.1 Å². The molecular formula is C18H19Cl4NO4S. The van der Waals surface area contributed by atoms with Gasteiger partial charge in [0.25, 0.3) is 0 Å². The maximum Gasteiger partial charge on any atom is 0.243 e. The predicted molar refractivity (Wildman–Crippen MR) is 112 cm³/mol. The first-order valence-electron chi connectivity index (χ1n) is 8.47. The number of Topliss-reactive ketones (excluding diaryl/α,β-unsaturated/α-hetero) is 1. The molecule has 0 aliphatic heterocycles. The number of ether oxygens (including phenoxy) is 1. The van der Waals surface area contributed by atoms with Crippen LogP contribution in [0.4, 0.5) is 0 Å². The lowest BCUT2D eigenvalue weighted by Gasteiger charge is -2.36. The predicted octanol–water partition coefficient (Wildman–Crippen LogP) is 5.14. The van der Waals surface area contributed by atoms with Gasteiger partial charge in [-0.15, -0.1) is 0 Å². The van der Waals surface area contributed by atoms with Gasteiger partial charge in [0.2, 0.25) is 21.5 Å². The normalized spacial score (nSPS) is 17.4. The van der Waals surface area contributed by atoms with Crippen molar-refractivity contribution in [3.05, 3.63) is 50.0 Å². The average molecular weight is 487 g/mol. The number of allylic oxidation sites excluding steroid dienone is 2. The van der Waals surface area contributed by atoms with Crippen molar-refractivity contribution in [2.75, 3.05) is 6.61 Å². The van der Waals surface area contributed by atoms with Crippen molar-refractivity contribution < 1.29 is 17.9 Å². The topological polar surface area (TPSA) is 72.5 Å². The highest BCUT2D eigenvalue weighted by Crippen LogP contribution is 2.45. The van der Waals surface area contributed by atoms with Crippen LogP contribution in [-0.2, 0) is 19.6 Å². The molecule has 5 nitrogen and oxygen atoms in total. The van der Waals surface area contributed by atoms with E-state index in [0.29, 0.717) is 6.42 Å². The van der Waals surface area contributed by atoms with Gasteiger partial charge in [-0.25, -0.2) is 8.42 Å². The molecule has 1 aromatic carbocycles. The van der Waals surface area contributed by atoms with Crippen LogP contribution < -0.4 is 4.72 Å². The molecule has 1 aliphatic carbocycles. The molecule has 28 heavy (non-hydrogen) atoms. The molecule has 0 heterocycles. The Morgan fingerprint density at radius 3 is 2.04 bits per heavy atom. The van der Waals surface area contributed by atoms with Gasteiger partial charge in [-0.05, 0) is 25.5 Å². The van der Waals surface area contributed by atoms with Gasteiger partial charge in [0.15, 0.2) is 0 Å². The Bertz CT molecular complexity index is 895. The van der Waals surface area contributed by atoms with Crippen molar-refractivity contribution in [2.24, 2.45) is 0 Å². The summed E-state index contributed by atoms with van der Waals surface area (Å²) in [7, 11) is -4.15. The lowest BCUT2D eigenvalue weighted by atomic mass is 10.1. The van der Waals surface area contributed by atoms with E-state index in [2.05, 4.69) is 4.72 Å². The second kappa shape index (κ2) is 9.47. The Labute approximate surface area is 184 Å². The van der Waals surface area contributed by atoms with E-state index in [0.717, 1.165) is 18.4 Å². The van der Waals surface area contributed by atoms with Gasteiger partial charge in [0, 0.05) is 6.61 Å². The number of aryl methyl sites for hydroxylation is 1. The van der Waals surface area contributed by atoms with E-state index in [1.807, 2.05) is 13.8 Å². The maximum atomic E-state index is 13.0. The van der Waals surface area contributed by atoms with Crippen molar-refractivity contribution >= 4 is 62.2 Å². The molecule has 0 saturated heterocycles. The second-order valence-electron chi connectivity index (χ2n) is 6.24. The summed E-state index contributed by atoms with van der Waals surface area (Å²) in [5.74, 6) is -0.805. The fraction of sp³-hybridized carbons (Fsp3) is 0.389. The van der Waals surface area contributed by atoms with Crippen LogP contribution in [0.3, 0.4) is 0 Å². The highest BCUT2D eigenvalue weighted by atomic mass is 35.5. The molecule has 0 spiro atoms. The number of hydrogen-bond donors (Lipinski definition) is 1. The van der Waals surface area contributed by atoms with Gasteiger partial charge in [-0.1, -0.05) is 83.9 Å². The SMILES string of the molecule is CCCCCOC1(NS(=O)(=O)c2ccc(C)cc2)C(Cl)=C(Cl)C(=O)C(Cl)=C1Cl. The first kappa shape index (κ1) is 23.7. The summed E-state index contributed by atoms with van der Waals surface area (Å²) in [6, 6.07) is 6.13. The van der Waals surface area contributed by atoms with Crippen molar-refractivity contribution in [1.82, 2.24) is 4.72 Å². The number of ketones is 1. The zero-order chi connectivity index (χ0) is 21.1. The van der Waals surface area contributed by atoms with Crippen LogP contribution in [-0.4, -0.2) is 26.5 Å². The molecule has 0 amide bonds. The minimum atomic E-state index is -4.15. The molecule has 0 radical (unpaired) electrons. The molecule has 154 valence electrons. The summed E-state index contributed by atoms with van der Waals surface area (Å²) in [6.45, 7) is 3.94. The highest BCUT2D eigenvalue weighted by Gasteiger charge is 2.50. The number of sulfonamides is 1. The van der Waals surface area contributed by atoms with E-state index < -0.39 is 31.6 Å². The zero-order valence-electron chi connectivity index (χ0n) is 15.2. The zero-order valence-corrected chi connectivity index (χ0v) is 19.0. The van der Waals surface area contributed by atoms with Gasteiger partial charge in [0.05, 0.1) is 15.0 Å². The third-order valence-electron chi connectivity index (χ3n) is 4.08. The maximum absolute atomic E-state index is 13.0. The number of unbranched alkanes of at least 4 members (excludes halogenated alkanes) is 2. The fourth-order valence-corrected chi connectivity index (χ4v) is 4.97. The van der Waals surface area contributed by atoms with E-state index in [1.54, 1.807) is 12.1 Å². The molecule has 1 aliphatic rings. The second-order valence-corrected chi connectivity index (χ2v) is 9.43. The number of rotatable bonds is 8. The Morgan fingerprint density at radius 2 is 1.54 bits per heavy atom. The molecule has 0 saturated carbocycles. The molecule has 0 atom stereocenters. The lowest BCUT2D eigenvalue weighted by Crippen LogP contribution is -2.53. The molecule has 0 bridgehead atoms. The van der Waals surface area contributed by atoms with Gasteiger partial charge >= 0.3 is 0 Å². The number of nitrogens with one attached hydrogen (secondary N) is 1. The summed E-state index contributed by atoms with van der Waals surface area (Å²) >= 11 is 24.6. The van der Waals surface area contributed by atoms with Crippen LogP contribution in [0.1, 0.15) is 31.7 Å². The van der Waals surface area contributed by atoms with Gasteiger partial charge < -0.3 is 4.74 Å². The van der Waals surface area contributed by atoms with Crippen molar-refractivity contribution in [3.8, 4) is 0 Å². The molecule has 1 aromatic rings. The smallest absolute Gasteiger partial charge is 0.243 e. The van der Waals surface area contributed by atoms with E-state index in [4.69, 9.17) is 51.1 Å². The Kier molecular flexibility index (Phi) is 8.01. The summed E-state index contributed by atoms with van der Waals surface area (Å²) in [5, 5.41) is -1.70. The number of halogens is 4. The van der Waals surface area contributed by atoms with Crippen molar-refractivity contribution in [3.63, 3.8) is 0 Å². The van der Waals surface area contributed by atoms with Crippen LogP contribution in [0.25, 0.3) is 0 Å². The summed E-state index contributed by atoms with van der Waals surface area (Å²) < 4.78 is 34.1. The summed E-state index contributed by atoms with van der Waals surface area (Å²) in [6.07, 6.45) is 2.37. The molecule has 1 N–H and O–H groups in total. The highest BCUT2D eigenvalue weighted by molar-refractivity contribution is 7.89. The molecule has 10 heteroatoms. The van der Waals surface area contributed by atoms with Crippen LogP contribution in [0.15, 0.2) is 49.3 Å². The monoisotopic (exact) mass is 485 g/mol. The molecular weight excluding hydrogens is 468 g/mol. The molecule has 0 unspecified atom stereocenters. The molecule has 0 aromatic heterocycles. The van der Waals surface area contributed by atoms with Crippen molar-refractivity contribution in [1.29, 1.82) is 0 Å². The Morgan fingerprint density at radius 1 is 1.00 bits per heavy atom. The van der Waals surface area contributed by atoms with Crippen LogP contribution in [0.2, 0.25) is 0 Å². The first-order valence-corrected chi connectivity index (χ1v) is 11.5. The number of carbonyl (C=O) groups is 1. The number of benzene rings is 1. The number of hydrogen-bond acceptors (Lipinski definition) is 4. The van der Waals surface area contributed by atoms with Crippen LogP contribution in [0.5, 0.6) is 0 Å². The molecule has 2 rings (SSSR count). The molecule has 0 fully saturated rings. The summed E-state index contributed by atoms with van der Waals surface area (Å²) in [4.78, 5) is 12.1. The third-order valence-corrected chi connectivity index (χ3v) is 7.35. The summed E-state index contributed by atoms with van der Waals surface area (Å²) in [5.41, 5.74) is -1.20. The van der Waals surface area contributed by atoms with E-state index in [-0.39, 0.29) is 21.6 Å². The largest absolute Gasteiger partial charge is 0.349 e. The third kappa shape index (κ3) is 4.75. The van der Waals surface area contributed by atoms with E-state index >= 15 is 0 Å². The first-order chi connectivity index (χ1) is 13.1. The van der Waals surface area contributed by atoms with E-state index in [1.165, 1.54) is 12.1 Å². The standard InChI is InChI=1S/C18H19Cl4NO4S/c1-3-4-5-10-27-18(16(21)13(19)15(24)14(20)17(18)22)23-28(25,26)12-8-6-11(2)7-9-12/h6-9,23H,3-5,10H2,1-2H3.